The molecule has 0 unspecified atom stereocenters. The maximum atomic E-state index is 10.6. The maximum Gasteiger partial charge on any atom is 0.0891 e. The van der Waals surface area contributed by atoms with Crippen LogP contribution in [0.5, 0.6) is 0 Å². The number of rotatable bonds is 5. The number of aliphatic hydroxyl groups is 1. The van der Waals surface area contributed by atoms with Gasteiger partial charge in [-0.15, -0.1) is 0 Å². The summed E-state index contributed by atoms with van der Waals surface area (Å²) in [5.74, 6) is 0. The fourth-order valence-electron chi connectivity index (χ4n) is 3.04. The van der Waals surface area contributed by atoms with E-state index < -0.39 is 6.10 Å². The van der Waals surface area contributed by atoms with Crippen molar-refractivity contribution in [2.24, 2.45) is 0 Å². The predicted molar refractivity (Wildman–Crippen MR) is 105 cm³/mol. The van der Waals surface area contributed by atoms with Gasteiger partial charge in [-0.3, -0.25) is 0 Å². The summed E-state index contributed by atoms with van der Waals surface area (Å²) in [5.41, 5.74) is 3.34. The molecule has 3 aromatic rings. The second-order valence-corrected chi connectivity index (χ2v) is 7.13. The molecule has 0 spiro atoms. The van der Waals surface area contributed by atoms with E-state index in [0.717, 1.165) is 17.1 Å². The summed E-state index contributed by atoms with van der Waals surface area (Å²) in [7, 11) is 0. The van der Waals surface area contributed by atoms with E-state index in [-0.39, 0.29) is 0 Å². The Hall–Kier alpha value is -2.43. The van der Waals surface area contributed by atoms with Crippen LogP contribution in [0, 0.1) is 0 Å². The number of fused-ring (bicyclic) bond motifs is 2. The maximum absolute atomic E-state index is 10.6. The molecule has 0 saturated heterocycles. The van der Waals surface area contributed by atoms with Gasteiger partial charge in [0.15, 0.2) is 0 Å². The van der Waals surface area contributed by atoms with Crippen molar-refractivity contribution in [2.45, 2.75) is 15.9 Å². The van der Waals surface area contributed by atoms with Crippen LogP contribution in [-0.2, 0) is 0 Å². The molecule has 3 nitrogen and oxygen atoms in total. The highest BCUT2D eigenvalue weighted by atomic mass is 32.2. The molecule has 0 aliphatic carbocycles. The van der Waals surface area contributed by atoms with E-state index in [0.29, 0.717) is 13.1 Å². The van der Waals surface area contributed by atoms with Crippen molar-refractivity contribution in [3.05, 3.63) is 78.9 Å². The van der Waals surface area contributed by atoms with E-state index in [2.05, 4.69) is 58.7 Å². The molecule has 1 aliphatic rings. The Morgan fingerprint density at radius 2 is 1.36 bits per heavy atom. The number of aliphatic hydroxyl groups excluding tert-OH is 1. The molecule has 0 saturated carbocycles. The third-order valence-corrected chi connectivity index (χ3v) is 5.37. The molecule has 0 fully saturated rings. The number of hydrogen-bond acceptors (Lipinski definition) is 4. The molecule has 0 amide bonds. The van der Waals surface area contributed by atoms with Crippen molar-refractivity contribution >= 4 is 28.8 Å². The van der Waals surface area contributed by atoms with Crippen LogP contribution in [0.4, 0.5) is 17.1 Å². The highest BCUT2D eigenvalue weighted by Crippen LogP contribution is 2.47. The van der Waals surface area contributed by atoms with Gasteiger partial charge in [0.25, 0.3) is 0 Å². The average molecular weight is 348 g/mol. The Bertz CT molecular complexity index is 808. The molecule has 0 bridgehead atoms. The zero-order chi connectivity index (χ0) is 17.1. The Morgan fingerprint density at radius 3 is 2.00 bits per heavy atom. The fourth-order valence-corrected chi connectivity index (χ4v) is 4.14. The number of β-amino-alcohol motifs (C(OH)–C–C–N with tert-alkyl or cyclic N) is 1. The first-order valence-corrected chi connectivity index (χ1v) is 9.23. The number of para-hydroxylation sites is 3. The minimum absolute atomic E-state index is 0.482. The molecule has 4 rings (SSSR count). The third kappa shape index (κ3) is 3.50. The van der Waals surface area contributed by atoms with Gasteiger partial charge in [-0.05, 0) is 36.4 Å². The quantitative estimate of drug-likeness (QED) is 0.697. The van der Waals surface area contributed by atoms with Crippen LogP contribution >= 0.6 is 11.8 Å². The van der Waals surface area contributed by atoms with E-state index in [4.69, 9.17) is 0 Å². The summed E-state index contributed by atoms with van der Waals surface area (Å²) in [6.07, 6.45) is -0.482. The molecule has 1 aliphatic heterocycles. The van der Waals surface area contributed by atoms with E-state index >= 15 is 0 Å². The standard InChI is InChI=1S/C21H20N2OS/c24-17(14-22-16-8-2-1-3-9-16)15-23-18-10-4-6-12-20(18)25-21-13-7-5-11-19(21)23/h1-13,17,22,24H,14-15H2/t17-/m0/s1. The van der Waals surface area contributed by atoms with E-state index in [9.17, 15) is 5.11 Å². The second kappa shape index (κ2) is 7.21. The number of anilines is 3. The van der Waals surface area contributed by atoms with Crippen LogP contribution in [0.25, 0.3) is 0 Å². The Labute approximate surface area is 152 Å². The monoisotopic (exact) mass is 348 g/mol. The van der Waals surface area contributed by atoms with Crippen molar-refractivity contribution in [2.75, 3.05) is 23.3 Å². The van der Waals surface area contributed by atoms with Gasteiger partial charge < -0.3 is 15.3 Å². The largest absolute Gasteiger partial charge is 0.389 e. The Balaban J connectivity index is 1.53. The molecule has 0 aromatic heterocycles. The number of hydrogen-bond donors (Lipinski definition) is 2. The van der Waals surface area contributed by atoms with Gasteiger partial charge in [-0.25, -0.2) is 0 Å². The van der Waals surface area contributed by atoms with Gasteiger partial charge >= 0.3 is 0 Å². The van der Waals surface area contributed by atoms with Crippen LogP contribution in [-0.4, -0.2) is 24.3 Å². The van der Waals surface area contributed by atoms with Crippen molar-refractivity contribution in [1.29, 1.82) is 0 Å². The molecular weight excluding hydrogens is 328 g/mol. The molecule has 1 heterocycles. The third-order valence-electron chi connectivity index (χ3n) is 4.24. The lowest BCUT2D eigenvalue weighted by Gasteiger charge is -2.34. The molecule has 2 N–H and O–H groups in total. The fraction of sp³-hybridized carbons (Fsp3) is 0.143. The first-order valence-electron chi connectivity index (χ1n) is 8.42. The minimum Gasteiger partial charge on any atom is -0.389 e. The van der Waals surface area contributed by atoms with Crippen LogP contribution in [0.15, 0.2) is 88.7 Å². The number of nitrogens with one attached hydrogen (secondary N) is 1. The number of nitrogens with zero attached hydrogens (tertiary/aromatic N) is 1. The molecule has 4 heteroatoms. The highest BCUT2D eigenvalue weighted by molar-refractivity contribution is 7.99. The first kappa shape index (κ1) is 16.1. The lowest BCUT2D eigenvalue weighted by Crippen LogP contribution is -2.34. The van der Waals surface area contributed by atoms with Gasteiger partial charge in [0.1, 0.15) is 0 Å². The smallest absolute Gasteiger partial charge is 0.0891 e. The molecule has 0 radical (unpaired) electrons. The molecule has 1 atom stereocenters. The predicted octanol–water partition coefficient (Wildman–Crippen LogP) is 4.76. The average Bonchev–Trinajstić information content (AvgIpc) is 2.67. The lowest BCUT2D eigenvalue weighted by molar-refractivity contribution is 0.195. The van der Waals surface area contributed by atoms with Gasteiger partial charge in [-0.1, -0.05) is 54.2 Å². The SMILES string of the molecule is O[C@@H](CNc1ccccc1)CN1c2ccccc2Sc2ccccc21. The highest BCUT2D eigenvalue weighted by Gasteiger charge is 2.24. The Kier molecular flexibility index (Phi) is 4.63. The first-order chi connectivity index (χ1) is 12.3. The Morgan fingerprint density at radius 1 is 0.800 bits per heavy atom. The van der Waals surface area contributed by atoms with Gasteiger partial charge in [0, 0.05) is 22.0 Å². The topological polar surface area (TPSA) is 35.5 Å². The summed E-state index contributed by atoms with van der Waals surface area (Å²) < 4.78 is 0. The van der Waals surface area contributed by atoms with Crippen molar-refractivity contribution < 1.29 is 5.11 Å². The minimum atomic E-state index is -0.482. The van der Waals surface area contributed by atoms with E-state index in [1.807, 2.05) is 30.3 Å². The summed E-state index contributed by atoms with van der Waals surface area (Å²) in [6.45, 7) is 1.06. The normalized spacial score (nSPS) is 13.7. The van der Waals surface area contributed by atoms with Gasteiger partial charge in [0.05, 0.1) is 24.0 Å². The van der Waals surface area contributed by atoms with Crippen molar-refractivity contribution in [3.8, 4) is 0 Å². The van der Waals surface area contributed by atoms with Crippen LogP contribution in [0.3, 0.4) is 0 Å². The van der Waals surface area contributed by atoms with Gasteiger partial charge in [0.2, 0.25) is 0 Å². The second-order valence-electron chi connectivity index (χ2n) is 6.05. The zero-order valence-electron chi connectivity index (χ0n) is 13.8. The number of benzene rings is 3. The van der Waals surface area contributed by atoms with Crippen LogP contribution < -0.4 is 10.2 Å². The van der Waals surface area contributed by atoms with Crippen molar-refractivity contribution in [3.63, 3.8) is 0 Å². The van der Waals surface area contributed by atoms with Crippen molar-refractivity contribution in [1.82, 2.24) is 0 Å². The summed E-state index contributed by atoms with van der Waals surface area (Å²) in [6, 6.07) is 26.7. The molecule has 25 heavy (non-hydrogen) atoms. The van der Waals surface area contributed by atoms with E-state index in [1.165, 1.54) is 9.79 Å². The van der Waals surface area contributed by atoms with E-state index in [1.54, 1.807) is 11.8 Å². The molecule has 126 valence electrons. The van der Waals surface area contributed by atoms with Gasteiger partial charge in [-0.2, -0.15) is 0 Å². The zero-order valence-corrected chi connectivity index (χ0v) is 14.6. The lowest BCUT2D eigenvalue weighted by atomic mass is 10.2. The van der Waals surface area contributed by atoms with Crippen LogP contribution in [0.2, 0.25) is 0 Å². The summed E-state index contributed by atoms with van der Waals surface area (Å²) in [4.78, 5) is 4.67. The summed E-state index contributed by atoms with van der Waals surface area (Å²) >= 11 is 1.78. The van der Waals surface area contributed by atoms with Crippen LogP contribution in [0.1, 0.15) is 0 Å². The molecule has 3 aromatic carbocycles. The summed E-state index contributed by atoms with van der Waals surface area (Å²) in [5, 5.41) is 13.9. The molecular formula is C21H20N2OS.